The first kappa shape index (κ1) is 18.5. The van der Waals surface area contributed by atoms with Gasteiger partial charge in [0.15, 0.2) is 4.90 Å². The number of halogens is 1. The number of benzene rings is 2. The van der Waals surface area contributed by atoms with Crippen LogP contribution in [0.4, 0.5) is 16.0 Å². The normalized spacial score (nSPS) is 17.8. The SMILES string of the molecule is CC[S+]([O-])c1ccc2c(c1)N(c1ncc(-c3ccccc3F)cn1)CC21COC1. The summed E-state index contributed by atoms with van der Waals surface area (Å²) in [7, 11) is 0. The van der Waals surface area contributed by atoms with E-state index in [9.17, 15) is 8.94 Å². The van der Waals surface area contributed by atoms with Crippen LogP contribution in [0.3, 0.4) is 0 Å². The maximum Gasteiger partial charge on any atom is 0.229 e. The molecular weight excluding hydrogens is 389 g/mol. The summed E-state index contributed by atoms with van der Waals surface area (Å²) >= 11 is -1.03. The highest BCUT2D eigenvalue weighted by Gasteiger charge is 2.49. The Balaban J connectivity index is 1.53. The summed E-state index contributed by atoms with van der Waals surface area (Å²) in [5.74, 6) is 0.822. The Labute approximate surface area is 171 Å². The maximum atomic E-state index is 14.1. The van der Waals surface area contributed by atoms with Crippen LogP contribution in [-0.4, -0.2) is 40.0 Å². The number of hydrogen-bond acceptors (Lipinski definition) is 5. The number of ether oxygens (including phenoxy) is 1. The molecule has 1 fully saturated rings. The average molecular weight is 409 g/mol. The first-order valence-electron chi connectivity index (χ1n) is 9.56. The molecule has 1 spiro atoms. The third kappa shape index (κ3) is 3.01. The topological polar surface area (TPSA) is 61.3 Å². The van der Waals surface area contributed by atoms with Gasteiger partial charge >= 0.3 is 0 Å². The van der Waals surface area contributed by atoms with Gasteiger partial charge in [0.1, 0.15) is 11.6 Å². The highest BCUT2D eigenvalue weighted by atomic mass is 32.2. The predicted molar refractivity (Wildman–Crippen MR) is 110 cm³/mol. The predicted octanol–water partition coefficient (Wildman–Crippen LogP) is 3.83. The molecular formula is C22H20FN3O2S. The van der Waals surface area contributed by atoms with E-state index < -0.39 is 11.2 Å². The Kier molecular flexibility index (Phi) is 4.53. The molecule has 1 aromatic heterocycles. The van der Waals surface area contributed by atoms with Crippen molar-refractivity contribution in [2.45, 2.75) is 17.2 Å². The van der Waals surface area contributed by atoms with Gasteiger partial charge in [0.05, 0.1) is 24.3 Å². The van der Waals surface area contributed by atoms with E-state index in [1.165, 1.54) is 11.6 Å². The van der Waals surface area contributed by atoms with E-state index in [-0.39, 0.29) is 11.2 Å². The second-order valence-electron chi connectivity index (χ2n) is 7.42. The largest absolute Gasteiger partial charge is 0.611 e. The molecule has 0 radical (unpaired) electrons. The Bertz CT molecular complexity index is 1060. The van der Waals surface area contributed by atoms with Gasteiger partial charge in [0, 0.05) is 36.1 Å². The molecule has 148 valence electrons. The van der Waals surface area contributed by atoms with E-state index >= 15 is 0 Å². The van der Waals surface area contributed by atoms with Crippen LogP contribution < -0.4 is 4.90 Å². The highest BCUT2D eigenvalue weighted by molar-refractivity contribution is 7.91. The molecule has 0 amide bonds. The summed E-state index contributed by atoms with van der Waals surface area (Å²) in [6.45, 7) is 3.93. The molecule has 5 rings (SSSR count). The summed E-state index contributed by atoms with van der Waals surface area (Å²) in [5.41, 5.74) is 3.20. The fraction of sp³-hybridized carbons (Fsp3) is 0.273. The number of nitrogens with zero attached hydrogens (tertiary/aromatic N) is 3. The van der Waals surface area contributed by atoms with Gasteiger partial charge in [-0.2, -0.15) is 0 Å². The Morgan fingerprint density at radius 2 is 1.93 bits per heavy atom. The molecule has 5 nitrogen and oxygen atoms in total. The number of aromatic nitrogens is 2. The van der Waals surface area contributed by atoms with Crippen molar-refractivity contribution in [3.8, 4) is 11.1 Å². The van der Waals surface area contributed by atoms with Crippen LogP contribution >= 0.6 is 0 Å². The second kappa shape index (κ2) is 7.09. The lowest BCUT2D eigenvalue weighted by Gasteiger charge is -2.38. The molecule has 0 bridgehead atoms. The molecule has 2 aromatic carbocycles. The minimum atomic E-state index is -1.03. The molecule has 3 aromatic rings. The minimum Gasteiger partial charge on any atom is -0.611 e. The van der Waals surface area contributed by atoms with Gasteiger partial charge in [-0.15, -0.1) is 0 Å². The van der Waals surface area contributed by atoms with Crippen molar-refractivity contribution in [2.75, 3.05) is 30.4 Å². The molecule has 0 saturated carbocycles. The van der Waals surface area contributed by atoms with E-state index in [0.717, 1.165) is 10.6 Å². The Morgan fingerprint density at radius 3 is 2.59 bits per heavy atom. The lowest BCUT2D eigenvalue weighted by atomic mass is 9.81. The second-order valence-corrected chi connectivity index (χ2v) is 9.16. The first-order chi connectivity index (χ1) is 14.1. The van der Waals surface area contributed by atoms with Crippen molar-refractivity contribution in [1.82, 2.24) is 9.97 Å². The summed E-state index contributed by atoms with van der Waals surface area (Å²) in [5, 5.41) is 0. The number of anilines is 2. The zero-order valence-corrected chi connectivity index (χ0v) is 16.8. The van der Waals surface area contributed by atoms with Crippen LogP contribution in [0.1, 0.15) is 12.5 Å². The molecule has 1 atom stereocenters. The van der Waals surface area contributed by atoms with Crippen molar-refractivity contribution < 1.29 is 13.7 Å². The van der Waals surface area contributed by atoms with Crippen molar-refractivity contribution in [3.63, 3.8) is 0 Å². The molecule has 1 unspecified atom stereocenters. The van der Waals surface area contributed by atoms with E-state index in [2.05, 4.69) is 20.9 Å². The van der Waals surface area contributed by atoms with Gasteiger partial charge in [0.25, 0.3) is 0 Å². The standard InChI is InChI=1S/C22H20FN3O2S/c1-2-29(27)16-7-8-18-20(9-16)26(12-22(18)13-28-14-22)21-24-10-15(11-25-21)17-5-3-4-6-19(17)23/h3-11H,2,12-14H2,1H3. The van der Waals surface area contributed by atoms with Gasteiger partial charge in [-0.1, -0.05) is 24.3 Å². The van der Waals surface area contributed by atoms with Crippen LogP contribution in [0, 0.1) is 5.82 Å². The maximum absolute atomic E-state index is 14.1. The van der Waals surface area contributed by atoms with Crippen LogP contribution in [0.5, 0.6) is 0 Å². The van der Waals surface area contributed by atoms with Gasteiger partial charge in [-0.25, -0.2) is 14.4 Å². The number of rotatable bonds is 4. The Morgan fingerprint density at radius 1 is 1.17 bits per heavy atom. The molecule has 2 aliphatic heterocycles. The molecule has 0 N–H and O–H groups in total. The first-order valence-corrected chi connectivity index (χ1v) is 10.9. The lowest BCUT2D eigenvalue weighted by molar-refractivity contribution is -0.0507. The van der Waals surface area contributed by atoms with Crippen LogP contribution in [0.25, 0.3) is 11.1 Å². The molecule has 2 aliphatic rings. The summed E-state index contributed by atoms with van der Waals surface area (Å²) in [4.78, 5) is 11.9. The van der Waals surface area contributed by atoms with Gasteiger partial charge in [0.2, 0.25) is 5.95 Å². The van der Waals surface area contributed by atoms with E-state index in [4.69, 9.17) is 4.74 Å². The third-order valence-corrected chi connectivity index (χ3v) is 6.94. The van der Waals surface area contributed by atoms with Crippen molar-refractivity contribution in [2.24, 2.45) is 0 Å². The number of fused-ring (bicyclic) bond motifs is 2. The van der Waals surface area contributed by atoms with Gasteiger partial charge in [-0.3, -0.25) is 0 Å². The third-order valence-electron chi connectivity index (χ3n) is 5.64. The summed E-state index contributed by atoms with van der Waals surface area (Å²) < 4.78 is 31.9. The molecule has 0 aliphatic carbocycles. The van der Waals surface area contributed by atoms with E-state index in [1.807, 2.05) is 19.1 Å². The van der Waals surface area contributed by atoms with Crippen molar-refractivity contribution in [1.29, 1.82) is 0 Å². The average Bonchev–Trinajstić information content (AvgIpc) is 3.09. The molecule has 1 saturated heterocycles. The summed E-state index contributed by atoms with van der Waals surface area (Å²) in [6, 6.07) is 12.6. The van der Waals surface area contributed by atoms with E-state index in [0.29, 0.717) is 42.6 Å². The van der Waals surface area contributed by atoms with Crippen LogP contribution in [-0.2, 0) is 21.3 Å². The van der Waals surface area contributed by atoms with Crippen molar-refractivity contribution >= 4 is 22.8 Å². The molecule has 29 heavy (non-hydrogen) atoms. The van der Waals surface area contributed by atoms with Gasteiger partial charge < -0.3 is 14.2 Å². The van der Waals surface area contributed by atoms with E-state index in [1.54, 1.807) is 30.6 Å². The number of hydrogen-bond donors (Lipinski definition) is 0. The molecule has 7 heteroatoms. The minimum absolute atomic E-state index is 0.0743. The zero-order chi connectivity index (χ0) is 20.0. The fourth-order valence-electron chi connectivity index (χ4n) is 4.03. The summed E-state index contributed by atoms with van der Waals surface area (Å²) in [6.07, 6.45) is 3.30. The van der Waals surface area contributed by atoms with Gasteiger partial charge in [-0.05, 0) is 35.8 Å². The monoisotopic (exact) mass is 409 g/mol. The smallest absolute Gasteiger partial charge is 0.229 e. The molecule has 3 heterocycles. The van der Waals surface area contributed by atoms with Crippen molar-refractivity contribution in [3.05, 3.63) is 66.2 Å². The quantitative estimate of drug-likeness (QED) is 0.613. The van der Waals surface area contributed by atoms with Crippen LogP contribution in [0.15, 0.2) is 59.8 Å². The fourth-order valence-corrected chi connectivity index (χ4v) is 4.83. The Hall–Kier alpha value is -2.48. The highest BCUT2D eigenvalue weighted by Crippen LogP contribution is 2.48. The lowest BCUT2D eigenvalue weighted by Crippen LogP contribution is -2.49. The van der Waals surface area contributed by atoms with Crippen LogP contribution in [0.2, 0.25) is 0 Å². The zero-order valence-electron chi connectivity index (χ0n) is 16.0.